The van der Waals surface area contributed by atoms with Gasteiger partial charge in [-0.15, -0.1) is 0 Å². The van der Waals surface area contributed by atoms with E-state index in [1.807, 2.05) is 6.92 Å². The SMILES string of the molecule is COC(=O)c1cccc(S(=O)(=O)NC(C)CCN2CCN(c3cccc(C)c3)CC2)c1. The maximum absolute atomic E-state index is 12.7. The fourth-order valence-electron chi connectivity index (χ4n) is 3.73. The van der Waals surface area contributed by atoms with Crippen molar-refractivity contribution >= 4 is 21.7 Å². The van der Waals surface area contributed by atoms with Gasteiger partial charge in [0.2, 0.25) is 10.0 Å². The molecule has 8 heteroatoms. The summed E-state index contributed by atoms with van der Waals surface area (Å²) in [6.45, 7) is 8.63. The molecule has 0 radical (unpaired) electrons. The number of esters is 1. The van der Waals surface area contributed by atoms with Gasteiger partial charge in [-0.2, -0.15) is 0 Å². The Balaban J connectivity index is 1.49. The van der Waals surface area contributed by atoms with E-state index in [2.05, 4.69) is 50.4 Å². The summed E-state index contributed by atoms with van der Waals surface area (Å²) >= 11 is 0. The van der Waals surface area contributed by atoms with Gasteiger partial charge in [-0.1, -0.05) is 18.2 Å². The number of hydrogen-bond donors (Lipinski definition) is 1. The van der Waals surface area contributed by atoms with Gasteiger partial charge < -0.3 is 9.64 Å². The van der Waals surface area contributed by atoms with Crippen LogP contribution >= 0.6 is 0 Å². The van der Waals surface area contributed by atoms with Crippen LogP contribution in [0.15, 0.2) is 53.4 Å². The predicted molar refractivity (Wildman–Crippen MR) is 122 cm³/mol. The Morgan fingerprint density at radius 1 is 1.10 bits per heavy atom. The number of carbonyl (C=O) groups is 1. The van der Waals surface area contributed by atoms with E-state index < -0.39 is 16.0 Å². The Kier molecular flexibility index (Phi) is 7.69. The van der Waals surface area contributed by atoms with Gasteiger partial charge in [-0.3, -0.25) is 4.90 Å². The summed E-state index contributed by atoms with van der Waals surface area (Å²) < 4.78 is 32.8. The van der Waals surface area contributed by atoms with Crippen molar-refractivity contribution in [2.75, 3.05) is 44.7 Å². The standard InChI is InChI=1S/C23H31N3O4S/c1-18-6-4-8-21(16-18)26-14-12-25(13-15-26)11-10-19(2)24-31(28,29)22-9-5-7-20(17-22)23(27)30-3/h4-9,16-17,19,24H,10-15H2,1-3H3. The molecule has 2 aromatic rings. The topological polar surface area (TPSA) is 78.9 Å². The number of nitrogens with one attached hydrogen (secondary N) is 1. The van der Waals surface area contributed by atoms with E-state index in [9.17, 15) is 13.2 Å². The molecule has 1 atom stereocenters. The number of ether oxygens (including phenoxy) is 1. The minimum atomic E-state index is -3.71. The Hall–Kier alpha value is -2.42. The molecule has 1 heterocycles. The first-order valence-corrected chi connectivity index (χ1v) is 12.0. The monoisotopic (exact) mass is 445 g/mol. The van der Waals surface area contributed by atoms with Crippen molar-refractivity contribution in [1.29, 1.82) is 0 Å². The maximum atomic E-state index is 12.7. The number of nitrogens with zero attached hydrogens (tertiary/aromatic N) is 2. The molecule has 1 saturated heterocycles. The van der Waals surface area contributed by atoms with Gasteiger partial charge in [0.25, 0.3) is 0 Å². The molecule has 0 aromatic heterocycles. The molecule has 1 aliphatic rings. The lowest BCUT2D eigenvalue weighted by atomic mass is 10.2. The molecule has 1 N–H and O–H groups in total. The summed E-state index contributed by atoms with van der Waals surface area (Å²) in [6, 6.07) is 14.2. The molecule has 3 rings (SSSR count). The van der Waals surface area contributed by atoms with Crippen LogP contribution in [0.25, 0.3) is 0 Å². The van der Waals surface area contributed by atoms with Gasteiger partial charge >= 0.3 is 5.97 Å². The van der Waals surface area contributed by atoms with Crippen LogP contribution in [0.2, 0.25) is 0 Å². The van der Waals surface area contributed by atoms with Crippen LogP contribution in [-0.2, 0) is 14.8 Å². The van der Waals surface area contributed by atoms with E-state index in [0.717, 1.165) is 32.7 Å². The maximum Gasteiger partial charge on any atom is 0.337 e. The average Bonchev–Trinajstić information content (AvgIpc) is 2.77. The van der Waals surface area contributed by atoms with Gasteiger partial charge in [0, 0.05) is 37.9 Å². The summed E-state index contributed by atoms with van der Waals surface area (Å²) in [7, 11) is -2.44. The minimum absolute atomic E-state index is 0.0639. The summed E-state index contributed by atoms with van der Waals surface area (Å²) in [5.41, 5.74) is 2.73. The minimum Gasteiger partial charge on any atom is -0.465 e. The molecule has 1 fully saturated rings. The molecular weight excluding hydrogens is 414 g/mol. The van der Waals surface area contributed by atoms with Crippen LogP contribution in [0.5, 0.6) is 0 Å². The first kappa shape index (κ1) is 23.2. The van der Waals surface area contributed by atoms with Crippen LogP contribution in [0.4, 0.5) is 5.69 Å². The van der Waals surface area contributed by atoms with E-state index in [-0.39, 0.29) is 16.5 Å². The van der Waals surface area contributed by atoms with Gasteiger partial charge in [0.05, 0.1) is 17.6 Å². The molecule has 31 heavy (non-hydrogen) atoms. The molecule has 0 aliphatic carbocycles. The third kappa shape index (κ3) is 6.29. The molecule has 7 nitrogen and oxygen atoms in total. The van der Waals surface area contributed by atoms with Gasteiger partial charge in [-0.25, -0.2) is 17.9 Å². The van der Waals surface area contributed by atoms with Crippen molar-refractivity contribution < 1.29 is 17.9 Å². The van der Waals surface area contributed by atoms with E-state index in [4.69, 9.17) is 0 Å². The highest BCUT2D eigenvalue weighted by molar-refractivity contribution is 7.89. The number of anilines is 1. The lowest BCUT2D eigenvalue weighted by Crippen LogP contribution is -2.47. The lowest BCUT2D eigenvalue weighted by molar-refractivity contribution is 0.0600. The third-order valence-electron chi connectivity index (χ3n) is 5.54. The van der Waals surface area contributed by atoms with Crippen LogP contribution in [0, 0.1) is 6.92 Å². The van der Waals surface area contributed by atoms with Gasteiger partial charge in [0.15, 0.2) is 0 Å². The number of methoxy groups -OCH3 is 1. The first-order valence-electron chi connectivity index (χ1n) is 10.5. The van der Waals surface area contributed by atoms with Crippen LogP contribution in [-0.4, -0.2) is 65.2 Å². The molecule has 1 aliphatic heterocycles. The molecular formula is C23H31N3O4S. The normalized spacial score (nSPS) is 16.2. The van der Waals surface area contributed by atoms with Crippen LogP contribution < -0.4 is 9.62 Å². The second-order valence-corrected chi connectivity index (χ2v) is 9.71. The molecule has 168 valence electrons. The zero-order valence-electron chi connectivity index (χ0n) is 18.4. The summed E-state index contributed by atoms with van der Waals surface area (Å²) in [5.74, 6) is -0.560. The van der Waals surface area contributed by atoms with E-state index >= 15 is 0 Å². The smallest absolute Gasteiger partial charge is 0.337 e. The molecule has 0 bridgehead atoms. The number of sulfonamides is 1. The third-order valence-corrected chi connectivity index (χ3v) is 7.13. The number of aryl methyl sites for hydroxylation is 1. The molecule has 0 amide bonds. The Bertz CT molecular complexity index is 1000. The Morgan fingerprint density at radius 3 is 2.48 bits per heavy atom. The Labute approximate surface area is 185 Å². The zero-order chi connectivity index (χ0) is 22.4. The molecule has 0 saturated carbocycles. The average molecular weight is 446 g/mol. The number of benzene rings is 2. The highest BCUT2D eigenvalue weighted by atomic mass is 32.2. The quantitative estimate of drug-likeness (QED) is 0.630. The zero-order valence-corrected chi connectivity index (χ0v) is 19.2. The second-order valence-electron chi connectivity index (χ2n) is 8.00. The highest BCUT2D eigenvalue weighted by Crippen LogP contribution is 2.18. The van der Waals surface area contributed by atoms with Crippen molar-refractivity contribution in [1.82, 2.24) is 9.62 Å². The number of carbonyl (C=O) groups excluding carboxylic acids is 1. The highest BCUT2D eigenvalue weighted by Gasteiger charge is 2.21. The van der Waals surface area contributed by atoms with Crippen LogP contribution in [0.1, 0.15) is 29.3 Å². The molecule has 2 aromatic carbocycles. The predicted octanol–water partition coefficient (Wildman–Crippen LogP) is 2.66. The molecule has 0 spiro atoms. The van der Waals surface area contributed by atoms with Crippen molar-refractivity contribution in [3.05, 3.63) is 59.7 Å². The number of piperazine rings is 1. The summed E-state index contributed by atoms with van der Waals surface area (Å²) in [4.78, 5) is 16.5. The van der Waals surface area contributed by atoms with Crippen molar-refractivity contribution in [3.8, 4) is 0 Å². The fraction of sp³-hybridized carbons (Fsp3) is 0.435. The molecule has 1 unspecified atom stereocenters. The summed E-state index contributed by atoms with van der Waals surface area (Å²) in [5, 5.41) is 0. The van der Waals surface area contributed by atoms with E-state index in [0.29, 0.717) is 6.42 Å². The lowest BCUT2D eigenvalue weighted by Gasteiger charge is -2.36. The van der Waals surface area contributed by atoms with Gasteiger partial charge in [-0.05, 0) is 62.7 Å². The second kappa shape index (κ2) is 10.3. The van der Waals surface area contributed by atoms with E-state index in [1.54, 1.807) is 6.07 Å². The number of hydrogen-bond acceptors (Lipinski definition) is 6. The Morgan fingerprint density at radius 2 is 1.81 bits per heavy atom. The van der Waals surface area contributed by atoms with Gasteiger partial charge in [0.1, 0.15) is 0 Å². The number of rotatable bonds is 8. The van der Waals surface area contributed by atoms with Crippen LogP contribution in [0.3, 0.4) is 0 Å². The van der Waals surface area contributed by atoms with Crippen molar-refractivity contribution in [2.24, 2.45) is 0 Å². The fourth-order valence-corrected chi connectivity index (χ4v) is 5.05. The first-order chi connectivity index (χ1) is 14.8. The largest absolute Gasteiger partial charge is 0.465 e. The van der Waals surface area contributed by atoms with Crippen molar-refractivity contribution in [3.63, 3.8) is 0 Å². The van der Waals surface area contributed by atoms with E-state index in [1.165, 1.54) is 36.6 Å². The summed E-state index contributed by atoms with van der Waals surface area (Å²) in [6.07, 6.45) is 0.709. The van der Waals surface area contributed by atoms with Crippen molar-refractivity contribution in [2.45, 2.75) is 31.2 Å².